The van der Waals surface area contributed by atoms with Gasteiger partial charge in [0.2, 0.25) is 0 Å². The normalized spacial score (nSPS) is 13.6. The summed E-state index contributed by atoms with van der Waals surface area (Å²) >= 11 is 5.90. The molecule has 0 aliphatic heterocycles. The predicted molar refractivity (Wildman–Crippen MR) is 84.4 cm³/mol. The van der Waals surface area contributed by atoms with Crippen LogP contribution in [0.3, 0.4) is 0 Å². The van der Waals surface area contributed by atoms with Crippen LogP contribution in [0.2, 0.25) is 5.02 Å². The molecule has 0 spiro atoms. The van der Waals surface area contributed by atoms with Gasteiger partial charge in [-0.1, -0.05) is 61.0 Å². The van der Waals surface area contributed by atoms with Crippen LogP contribution in [0.1, 0.15) is 36.6 Å². The molecule has 0 radical (unpaired) electrons. The third kappa shape index (κ3) is 4.06. The maximum Gasteiger partial charge on any atom is 0.325 e. The second-order valence-corrected chi connectivity index (χ2v) is 5.30. The molecule has 2 atom stereocenters. The van der Waals surface area contributed by atoms with Crippen molar-refractivity contribution in [3.05, 3.63) is 70.7 Å². The first kappa shape index (κ1) is 15.5. The van der Waals surface area contributed by atoms with Gasteiger partial charge in [0.05, 0.1) is 0 Å². The molecule has 0 bridgehead atoms. The first-order valence-corrected chi connectivity index (χ1v) is 7.29. The monoisotopic (exact) mass is 303 g/mol. The van der Waals surface area contributed by atoms with Gasteiger partial charge in [-0.3, -0.25) is 10.1 Å². The maximum absolute atomic E-state index is 11.6. The quantitative estimate of drug-likeness (QED) is 0.840. The highest BCUT2D eigenvalue weighted by atomic mass is 35.5. The largest absolute Gasteiger partial charge is 0.480 e. The number of rotatable bonds is 6. The summed E-state index contributed by atoms with van der Waals surface area (Å²) in [6.07, 6.45) is 0.790. The second kappa shape index (κ2) is 7.25. The molecule has 0 saturated heterocycles. The molecule has 2 rings (SSSR count). The van der Waals surface area contributed by atoms with Crippen molar-refractivity contribution in [1.29, 1.82) is 0 Å². The van der Waals surface area contributed by atoms with E-state index in [1.807, 2.05) is 61.5 Å². The zero-order valence-corrected chi connectivity index (χ0v) is 12.5. The Bertz CT molecular complexity index is 583. The fourth-order valence-corrected chi connectivity index (χ4v) is 2.43. The summed E-state index contributed by atoms with van der Waals surface area (Å²) in [5.74, 6) is -0.881. The number of carboxylic acid groups (broad SMARTS) is 1. The van der Waals surface area contributed by atoms with Crippen LogP contribution in [0.15, 0.2) is 54.6 Å². The van der Waals surface area contributed by atoms with Crippen LogP contribution < -0.4 is 5.32 Å². The molecule has 0 aliphatic rings. The van der Waals surface area contributed by atoms with Crippen molar-refractivity contribution >= 4 is 17.6 Å². The van der Waals surface area contributed by atoms with Gasteiger partial charge in [0.25, 0.3) is 0 Å². The molecule has 2 N–H and O–H groups in total. The summed E-state index contributed by atoms with van der Waals surface area (Å²) < 4.78 is 0. The molecule has 0 aromatic heterocycles. The molecule has 3 nitrogen and oxygen atoms in total. The molecule has 2 aromatic carbocycles. The van der Waals surface area contributed by atoms with E-state index in [1.165, 1.54) is 0 Å². The van der Waals surface area contributed by atoms with Gasteiger partial charge in [-0.2, -0.15) is 0 Å². The summed E-state index contributed by atoms with van der Waals surface area (Å²) in [5.41, 5.74) is 1.78. The molecule has 0 heterocycles. The summed E-state index contributed by atoms with van der Waals surface area (Å²) in [4.78, 5) is 11.6. The highest BCUT2D eigenvalue weighted by molar-refractivity contribution is 6.30. The molecule has 0 aliphatic carbocycles. The van der Waals surface area contributed by atoms with Gasteiger partial charge in [0.15, 0.2) is 0 Å². The third-order valence-electron chi connectivity index (χ3n) is 3.43. The van der Waals surface area contributed by atoms with Crippen molar-refractivity contribution in [3.8, 4) is 0 Å². The number of hydrogen-bond acceptors (Lipinski definition) is 2. The van der Waals surface area contributed by atoms with E-state index in [0.29, 0.717) is 5.02 Å². The summed E-state index contributed by atoms with van der Waals surface area (Å²) in [6.45, 7) is 2.02. The number of aliphatic carboxylic acids is 1. The molecule has 21 heavy (non-hydrogen) atoms. The number of nitrogens with one attached hydrogen (secondary N) is 1. The van der Waals surface area contributed by atoms with Crippen LogP contribution in [-0.2, 0) is 4.79 Å². The molecule has 110 valence electrons. The lowest BCUT2D eigenvalue weighted by molar-refractivity contribution is -0.139. The Morgan fingerprint density at radius 1 is 1.10 bits per heavy atom. The Morgan fingerprint density at radius 3 is 2.24 bits per heavy atom. The lowest BCUT2D eigenvalue weighted by atomic mass is 10.0. The smallest absolute Gasteiger partial charge is 0.325 e. The number of carboxylic acids is 1. The molecule has 0 saturated carbocycles. The molecular formula is C17H18ClNO2. The van der Waals surface area contributed by atoms with E-state index in [1.54, 1.807) is 0 Å². The van der Waals surface area contributed by atoms with E-state index >= 15 is 0 Å². The number of benzene rings is 2. The van der Waals surface area contributed by atoms with Gasteiger partial charge in [0.1, 0.15) is 6.04 Å². The lowest BCUT2D eigenvalue weighted by Gasteiger charge is -2.23. The molecular weight excluding hydrogens is 286 g/mol. The fraction of sp³-hybridized carbons (Fsp3) is 0.235. The van der Waals surface area contributed by atoms with Crippen molar-refractivity contribution in [2.24, 2.45) is 0 Å². The van der Waals surface area contributed by atoms with E-state index < -0.39 is 12.0 Å². The van der Waals surface area contributed by atoms with Crippen LogP contribution in [0.4, 0.5) is 0 Å². The summed E-state index contributed by atoms with van der Waals surface area (Å²) in [5, 5.41) is 13.4. The maximum atomic E-state index is 11.6. The Balaban J connectivity index is 2.22. The molecule has 0 fully saturated rings. The van der Waals surface area contributed by atoms with E-state index in [2.05, 4.69) is 5.32 Å². The first-order chi connectivity index (χ1) is 10.1. The summed E-state index contributed by atoms with van der Waals surface area (Å²) in [7, 11) is 0. The van der Waals surface area contributed by atoms with Gasteiger partial charge < -0.3 is 5.11 Å². The minimum Gasteiger partial charge on any atom is -0.480 e. The van der Waals surface area contributed by atoms with Crippen molar-refractivity contribution in [1.82, 2.24) is 5.32 Å². The average molecular weight is 304 g/mol. The van der Waals surface area contributed by atoms with E-state index in [0.717, 1.165) is 17.5 Å². The third-order valence-corrected chi connectivity index (χ3v) is 3.68. The number of carbonyl (C=O) groups is 1. The van der Waals surface area contributed by atoms with Gasteiger partial charge >= 0.3 is 5.97 Å². The molecule has 2 unspecified atom stereocenters. The van der Waals surface area contributed by atoms with Crippen molar-refractivity contribution in [2.75, 3.05) is 0 Å². The summed E-state index contributed by atoms with van der Waals surface area (Å²) in [6, 6.07) is 15.9. The van der Waals surface area contributed by atoms with Crippen LogP contribution >= 0.6 is 11.6 Å². The fourth-order valence-electron chi connectivity index (χ4n) is 2.30. The number of halogens is 1. The van der Waals surface area contributed by atoms with Crippen LogP contribution in [0, 0.1) is 0 Å². The Morgan fingerprint density at radius 2 is 1.71 bits per heavy atom. The zero-order valence-electron chi connectivity index (χ0n) is 11.8. The average Bonchev–Trinajstić information content (AvgIpc) is 2.50. The molecule has 4 heteroatoms. The Hall–Kier alpha value is -1.84. The van der Waals surface area contributed by atoms with Gasteiger partial charge in [-0.25, -0.2) is 0 Å². The minimum atomic E-state index is -0.881. The highest BCUT2D eigenvalue weighted by Crippen LogP contribution is 2.23. The second-order valence-electron chi connectivity index (χ2n) is 4.86. The van der Waals surface area contributed by atoms with Crippen LogP contribution in [0.25, 0.3) is 0 Å². The Labute approximate surface area is 129 Å². The van der Waals surface area contributed by atoms with Crippen LogP contribution in [-0.4, -0.2) is 11.1 Å². The van der Waals surface area contributed by atoms with E-state index in [9.17, 15) is 9.90 Å². The molecule has 0 amide bonds. The van der Waals surface area contributed by atoms with Gasteiger partial charge in [-0.15, -0.1) is 0 Å². The van der Waals surface area contributed by atoms with Crippen molar-refractivity contribution < 1.29 is 9.90 Å². The highest BCUT2D eigenvalue weighted by Gasteiger charge is 2.23. The topological polar surface area (TPSA) is 49.3 Å². The Kier molecular flexibility index (Phi) is 5.37. The van der Waals surface area contributed by atoms with Gasteiger partial charge in [-0.05, 0) is 29.7 Å². The van der Waals surface area contributed by atoms with Crippen molar-refractivity contribution in [2.45, 2.75) is 25.4 Å². The zero-order chi connectivity index (χ0) is 15.2. The number of hydrogen-bond donors (Lipinski definition) is 2. The van der Waals surface area contributed by atoms with Crippen LogP contribution in [0.5, 0.6) is 0 Å². The predicted octanol–water partition coefficient (Wildman–Crippen LogP) is 4.21. The standard InChI is InChI=1S/C17H18ClNO2/c1-2-15(12-8-10-14(18)11-9-12)19-16(17(20)21)13-6-4-3-5-7-13/h3-11,15-16,19H,2H2,1H3,(H,20,21). The van der Waals surface area contributed by atoms with Gasteiger partial charge in [0, 0.05) is 11.1 Å². The SMILES string of the molecule is CCC(NC(C(=O)O)c1ccccc1)c1ccc(Cl)cc1. The van der Waals surface area contributed by atoms with E-state index in [4.69, 9.17) is 11.6 Å². The van der Waals surface area contributed by atoms with E-state index in [-0.39, 0.29) is 6.04 Å². The van der Waals surface area contributed by atoms with Crippen molar-refractivity contribution in [3.63, 3.8) is 0 Å². The first-order valence-electron chi connectivity index (χ1n) is 6.91. The minimum absolute atomic E-state index is 0.0384. The lowest BCUT2D eigenvalue weighted by Crippen LogP contribution is -2.31. The molecule has 2 aromatic rings.